The highest BCUT2D eigenvalue weighted by Gasteiger charge is 2.23. The monoisotopic (exact) mass is 333 g/mol. The number of aromatic nitrogens is 2. The van der Waals surface area contributed by atoms with E-state index >= 15 is 0 Å². The molecule has 0 saturated carbocycles. The first-order valence-corrected chi connectivity index (χ1v) is 8.89. The number of benzene rings is 1. The lowest BCUT2D eigenvalue weighted by molar-refractivity contribution is 0.211. The van der Waals surface area contributed by atoms with Gasteiger partial charge in [0.05, 0.1) is 5.69 Å². The molecule has 0 N–H and O–H groups in total. The number of aryl methyl sites for hydroxylation is 2. The fraction of sp³-hybridized carbons (Fsp3) is 0.333. The highest BCUT2D eigenvalue weighted by atomic mass is 16.1. The van der Waals surface area contributed by atoms with E-state index in [1.165, 1.54) is 17.5 Å². The van der Waals surface area contributed by atoms with E-state index in [0.717, 1.165) is 29.7 Å². The van der Waals surface area contributed by atoms with E-state index in [1.807, 2.05) is 19.1 Å². The number of rotatable bonds is 3. The van der Waals surface area contributed by atoms with Crippen molar-refractivity contribution < 1.29 is 0 Å². The average Bonchev–Trinajstić information content (AvgIpc) is 2.62. The summed E-state index contributed by atoms with van der Waals surface area (Å²) in [4.78, 5) is 19.5. The van der Waals surface area contributed by atoms with Crippen LogP contribution in [-0.2, 0) is 13.0 Å². The third-order valence-corrected chi connectivity index (χ3v) is 5.22. The van der Waals surface area contributed by atoms with Gasteiger partial charge >= 0.3 is 0 Å². The number of hydrogen-bond acceptors (Lipinski definition) is 3. The molecule has 1 aromatic carbocycles. The van der Waals surface area contributed by atoms with Crippen molar-refractivity contribution in [2.45, 2.75) is 38.8 Å². The number of nitrogens with zero attached hydrogens (tertiary/aromatic N) is 3. The van der Waals surface area contributed by atoms with Gasteiger partial charge in [0.2, 0.25) is 0 Å². The Kier molecular flexibility index (Phi) is 4.14. The van der Waals surface area contributed by atoms with Gasteiger partial charge in [-0.05, 0) is 56.0 Å². The van der Waals surface area contributed by atoms with E-state index in [1.54, 1.807) is 16.7 Å². The van der Waals surface area contributed by atoms with Gasteiger partial charge in [-0.25, -0.2) is 4.98 Å². The molecule has 0 spiro atoms. The zero-order chi connectivity index (χ0) is 17.4. The SMILES string of the molecule is Cc1cccn2c(=O)cc(CN(C)C3CCCc4ccccc43)nc12. The summed E-state index contributed by atoms with van der Waals surface area (Å²) in [6, 6.07) is 14.6. The molecule has 2 heterocycles. The zero-order valence-corrected chi connectivity index (χ0v) is 14.8. The summed E-state index contributed by atoms with van der Waals surface area (Å²) in [6.45, 7) is 2.67. The van der Waals surface area contributed by atoms with Crippen molar-refractivity contribution in [3.8, 4) is 0 Å². The highest BCUT2D eigenvalue weighted by Crippen LogP contribution is 2.33. The van der Waals surface area contributed by atoms with E-state index in [9.17, 15) is 4.79 Å². The van der Waals surface area contributed by atoms with Crippen molar-refractivity contribution in [1.82, 2.24) is 14.3 Å². The van der Waals surface area contributed by atoms with Crippen LogP contribution in [0.15, 0.2) is 53.5 Å². The Hall–Kier alpha value is -2.46. The van der Waals surface area contributed by atoms with Crippen LogP contribution in [-0.4, -0.2) is 21.3 Å². The summed E-state index contributed by atoms with van der Waals surface area (Å²) in [5.74, 6) is 0. The Morgan fingerprint density at radius 3 is 2.96 bits per heavy atom. The minimum Gasteiger partial charge on any atom is -0.294 e. The molecule has 0 fully saturated rings. The predicted octanol–water partition coefficient (Wildman–Crippen LogP) is 3.51. The largest absolute Gasteiger partial charge is 0.294 e. The topological polar surface area (TPSA) is 37.6 Å². The van der Waals surface area contributed by atoms with Gasteiger partial charge in [0.1, 0.15) is 5.65 Å². The van der Waals surface area contributed by atoms with Crippen LogP contribution >= 0.6 is 0 Å². The lowest BCUT2D eigenvalue weighted by Crippen LogP contribution is -2.28. The molecule has 0 bridgehead atoms. The first-order valence-electron chi connectivity index (χ1n) is 8.89. The second-order valence-corrected chi connectivity index (χ2v) is 6.99. The molecule has 1 unspecified atom stereocenters. The molecular formula is C21H23N3O. The smallest absolute Gasteiger partial charge is 0.258 e. The van der Waals surface area contributed by atoms with E-state index in [4.69, 9.17) is 4.98 Å². The summed E-state index contributed by atoms with van der Waals surface area (Å²) < 4.78 is 1.62. The number of hydrogen-bond donors (Lipinski definition) is 0. The molecule has 2 aromatic heterocycles. The van der Waals surface area contributed by atoms with Gasteiger partial charge in [0, 0.05) is 24.8 Å². The van der Waals surface area contributed by atoms with Crippen LogP contribution in [0.3, 0.4) is 0 Å². The lowest BCUT2D eigenvalue weighted by Gasteiger charge is -2.33. The van der Waals surface area contributed by atoms with Crippen LogP contribution in [0.2, 0.25) is 0 Å². The van der Waals surface area contributed by atoms with Gasteiger partial charge in [-0.2, -0.15) is 0 Å². The lowest BCUT2D eigenvalue weighted by atomic mass is 9.87. The standard InChI is InChI=1S/C21H23N3O/c1-15-7-6-12-24-20(25)13-17(22-21(15)24)14-23(2)19-11-5-9-16-8-3-4-10-18(16)19/h3-4,6-8,10,12-13,19H,5,9,11,14H2,1-2H3. The minimum atomic E-state index is -0.0128. The summed E-state index contributed by atoms with van der Waals surface area (Å²) in [6.07, 6.45) is 5.30. The Morgan fingerprint density at radius 2 is 2.08 bits per heavy atom. The van der Waals surface area contributed by atoms with Crippen molar-refractivity contribution in [2.24, 2.45) is 0 Å². The van der Waals surface area contributed by atoms with Crippen molar-refractivity contribution in [1.29, 1.82) is 0 Å². The fourth-order valence-electron chi connectivity index (χ4n) is 3.94. The van der Waals surface area contributed by atoms with E-state index < -0.39 is 0 Å². The second kappa shape index (κ2) is 6.45. The van der Waals surface area contributed by atoms with Crippen LogP contribution in [0.5, 0.6) is 0 Å². The van der Waals surface area contributed by atoms with Gasteiger partial charge in [0.15, 0.2) is 0 Å². The van der Waals surface area contributed by atoms with Crippen molar-refractivity contribution in [3.05, 3.63) is 81.4 Å². The fourth-order valence-corrected chi connectivity index (χ4v) is 3.94. The summed E-state index contributed by atoms with van der Waals surface area (Å²) in [7, 11) is 2.13. The van der Waals surface area contributed by atoms with Crippen LogP contribution in [0.25, 0.3) is 5.65 Å². The summed E-state index contributed by atoms with van der Waals surface area (Å²) in [5, 5.41) is 0. The van der Waals surface area contributed by atoms with Gasteiger partial charge in [-0.15, -0.1) is 0 Å². The van der Waals surface area contributed by atoms with Gasteiger partial charge in [-0.1, -0.05) is 30.3 Å². The molecule has 0 amide bonds. The maximum Gasteiger partial charge on any atom is 0.258 e. The normalized spacial score (nSPS) is 17.0. The molecular weight excluding hydrogens is 310 g/mol. The second-order valence-electron chi connectivity index (χ2n) is 6.99. The molecule has 0 radical (unpaired) electrons. The molecule has 0 aliphatic heterocycles. The Morgan fingerprint density at radius 1 is 1.24 bits per heavy atom. The van der Waals surface area contributed by atoms with E-state index in [0.29, 0.717) is 12.6 Å². The zero-order valence-electron chi connectivity index (χ0n) is 14.8. The maximum atomic E-state index is 12.4. The van der Waals surface area contributed by atoms with Crippen molar-refractivity contribution >= 4 is 5.65 Å². The molecule has 25 heavy (non-hydrogen) atoms. The van der Waals surface area contributed by atoms with Crippen LogP contribution in [0.1, 0.15) is 41.3 Å². The molecule has 1 aliphatic rings. The van der Waals surface area contributed by atoms with Gasteiger partial charge in [0.25, 0.3) is 5.56 Å². The maximum absolute atomic E-state index is 12.4. The summed E-state index contributed by atoms with van der Waals surface area (Å²) in [5.41, 5.74) is 5.47. The third kappa shape index (κ3) is 2.98. The molecule has 128 valence electrons. The quantitative estimate of drug-likeness (QED) is 0.736. The average molecular weight is 333 g/mol. The Balaban J connectivity index is 1.66. The summed E-state index contributed by atoms with van der Waals surface area (Å²) >= 11 is 0. The van der Waals surface area contributed by atoms with Crippen LogP contribution < -0.4 is 5.56 Å². The molecule has 0 saturated heterocycles. The molecule has 4 nitrogen and oxygen atoms in total. The van der Waals surface area contributed by atoms with E-state index in [-0.39, 0.29) is 5.56 Å². The predicted molar refractivity (Wildman–Crippen MR) is 99.8 cm³/mol. The minimum absolute atomic E-state index is 0.0128. The molecule has 1 aliphatic carbocycles. The van der Waals surface area contributed by atoms with Crippen molar-refractivity contribution in [3.63, 3.8) is 0 Å². The first-order chi connectivity index (χ1) is 12.1. The molecule has 3 aromatic rings. The number of fused-ring (bicyclic) bond motifs is 2. The third-order valence-electron chi connectivity index (χ3n) is 5.22. The van der Waals surface area contributed by atoms with Crippen LogP contribution in [0.4, 0.5) is 0 Å². The van der Waals surface area contributed by atoms with Crippen LogP contribution in [0, 0.1) is 6.92 Å². The van der Waals surface area contributed by atoms with Gasteiger partial charge in [-0.3, -0.25) is 14.1 Å². The van der Waals surface area contributed by atoms with E-state index in [2.05, 4.69) is 36.2 Å². The molecule has 4 heteroatoms. The first kappa shape index (κ1) is 16.0. The van der Waals surface area contributed by atoms with Crippen molar-refractivity contribution in [2.75, 3.05) is 7.05 Å². The molecule has 4 rings (SSSR count). The number of pyridine rings is 1. The molecule has 1 atom stereocenters. The Labute approximate surface area is 147 Å². The highest BCUT2D eigenvalue weighted by molar-refractivity contribution is 5.46. The van der Waals surface area contributed by atoms with Gasteiger partial charge < -0.3 is 0 Å². The Bertz CT molecular complexity index is 976.